The van der Waals surface area contributed by atoms with E-state index in [1.165, 1.54) is 6.07 Å². The smallest absolute Gasteiger partial charge is 0.182 e. The van der Waals surface area contributed by atoms with Crippen molar-refractivity contribution < 1.29 is 9.18 Å². The van der Waals surface area contributed by atoms with Crippen LogP contribution in [0, 0.1) is 5.82 Å². The lowest BCUT2D eigenvalue weighted by atomic mass is 10.0. The maximum Gasteiger partial charge on any atom is 0.182 e. The fraction of sp³-hybridized carbons (Fsp3) is 0.111. The molecule has 0 saturated heterocycles. The molecule has 108 valence electrons. The first kappa shape index (κ1) is 13.0. The highest BCUT2D eigenvalue weighted by atomic mass is 19.1. The molecule has 0 amide bonds. The second kappa shape index (κ2) is 4.91. The Bertz CT molecular complexity index is 869. The summed E-state index contributed by atoms with van der Waals surface area (Å²) in [5, 5.41) is 0. The summed E-state index contributed by atoms with van der Waals surface area (Å²) in [7, 11) is 0. The molecule has 0 unspecified atom stereocenters. The predicted molar refractivity (Wildman–Crippen MR) is 81.2 cm³/mol. The lowest BCUT2D eigenvalue weighted by Crippen LogP contribution is -2.09. The molecule has 1 aromatic heterocycles. The van der Waals surface area contributed by atoms with Gasteiger partial charge < -0.3 is 4.57 Å². The molecule has 0 fully saturated rings. The van der Waals surface area contributed by atoms with Gasteiger partial charge in [0.1, 0.15) is 5.82 Å². The molecule has 4 rings (SSSR count). The van der Waals surface area contributed by atoms with Crippen molar-refractivity contribution in [2.75, 3.05) is 0 Å². The second-order valence-corrected chi connectivity index (χ2v) is 5.51. The molecule has 1 heterocycles. The fourth-order valence-corrected chi connectivity index (χ4v) is 2.99. The Morgan fingerprint density at radius 2 is 1.91 bits per heavy atom. The number of aromatic nitrogens is 2. The van der Waals surface area contributed by atoms with Crippen LogP contribution in [0.25, 0.3) is 11.1 Å². The van der Waals surface area contributed by atoms with Gasteiger partial charge >= 0.3 is 0 Å². The van der Waals surface area contributed by atoms with Crippen LogP contribution in [0.5, 0.6) is 0 Å². The molecule has 0 atom stereocenters. The standard InChI is InChI=1S/C18H13FN2O/c19-15-2-4-17-14(9-15)8-13-7-12(1-3-16(13)17)18(22)10-21-6-5-20-11-21/h1-7,9,11H,8,10H2. The number of ketones is 1. The van der Waals surface area contributed by atoms with E-state index in [0.717, 1.165) is 22.3 Å². The Morgan fingerprint density at radius 1 is 1.14 bits per heavy atom. The van der Waals surface area contributed by atoms with Crippen molar-refractivity contribution >= 4 is 5.78 Å². The molecule has 0 spiro atoms. The van der Waals surface area contributed by atoms with Gasteiger partial charge in [0.05, 0.1) is 12.9 Å². The number of Topliss-reactive ketones (excluding diaryl/α,β-unsaturated/α-hetero) is 1. The fourth-order valence-electron chi connectivity index (χ4n) is 2.99. The van der Waals surface area contributed by atoms with Crippen LogP contribution >= 0.6 is 0 Å². The van der Waals surface area contributed by atoms with E-state index in [9.17, 15) is 9.18 Å². The summed E-state index contributed by atoms with van der Waals surface area (Å²) in [6, 6.07) is 10.6. The summed E-state index contributed by atoms with van der Waals surface area (Å²) in [5.41, 5.74) is 4.89. The van der Waals surface area contributed by atoms with Crippen LogP contribution in [0.1, 0.15) is 21.5 Å². The predicted octanol–water partition coefficient (Wildman–Crippen LogP) is 3.48. The van der Waals surface area contributed by atoms with Crippen LogP contribution in [0.2, 0.25) is 0 Å². The quantitative estimate of drug-likeness (QED) is 0.542. The van der Waals surface area contributed by atoms with Crippen molar-refractivity contribution in [3.63, 3.8) is 0 Å². The van der Waals surface area contributed by atoms with Crippen LogP contribution in [-0.4, -0.2) is 15.3 Å². The van der Waals surface area contributed by atoms with E-state index in [4.69, 9.17) is 0 Å². The van der Waals surface area contributed by atoms with Gasteiger partial charge in [0.25, 0.3) is 0 Å². The summed E-state index contributed by atoms with van der Waals surface area (Å²) in [4.78, 5) is 16.3. The van der Waals surface area contributed by atoms with Gasteiger partial charge in [0.2, 0.25) is 0 Å². The van der Waals surface area contributed by atoms with E-state index < -0.39 is 0 Å². The monoisotopic (exact) mass is 292 g/mol. The largest absolute Gasteiger partial charge is 0.330 e. The number of fused-ring (bicyclic) bond motifs is 3. The maximum atomic E-state index is 13.3. The molecule has 22 heavy (non-hydrogen) atoms. The average Bonchev–Trinajstić information content (AvgIpc) is 3.12. The molecule has 3 aromatic rings. The third-order valence-electron chi connectivity index (χ3n) is 4.05. The van der Waals surface area contributed by atoms with Gasteiger partial charge in [-0.15, -0.1) is 0 Å². The van der Waals surface area contributed by atoms with Gasteiger partial charge in [-0.3, -0.25) is 4.79 Å². The van der Waals surface area contributed by atoms with Crippen LogP contribution in [0.4, 0.5) is 4.39 Å². The number of nitrogens with zero attached hydrogens (tertiary/aromatic N) is 2. The number of benzene rings is 2. The molecule has 0 saturated carbocycles. The molecule has 3 nitrogen and oxygen atoms in total. The highest BCUT2D eigenvalue weighted by molar-refractivity contribution is 5.97. The zero-order valence-electron chi connectivity index (χ0n) is 11.8. The number of rotatable bonds is 3. The lowest BCUT2D eigenvalue weighted by Gasteiger charge is -2.05. The van der Waals surface area contributed by atoms with Crippen molar-refractivity contribution in [1.29, 1.82) is 0 Å². The summed E-state index contributed by atoms with van der Waals surface area (Å²) >= 11 is 0. The first-order valence-corrected chi connectivity index (χ1v) is 7.11. The van der Waals surface area contributed by atoms with Crippen molar-refractivity contribution in [3.8, 4) is 11.1 Å². The Morgan fingerprint density at radius 3 is 2.68 bits per heavy atom. The summed E-state index contributed by atoms with van der Waals surface area (Å²) in [6.45, 7) is 0.278. The Balaban J connectivity index is 1.65. The minimum absolute atomic E-state index is 0.0444. The molecule has 0 N–H and O–H groups in total. The Hall–Kier alpha value is -2.75. The van der Waals surface area contributed by atoms with Crippen LogP contribution < -0.4 is 0 Å². The first-order valence-electron chi connectivity index (χ1n) is 7.11. The number of carbonyl (C=O) groups excluding carboxylic acids is 1. The molecule has 4 heteroatoms. The van der Waals surface area contributed by atoms with E-state index >= 15 is 0 Å². The van der Waals surface area contributed by atoms with Crippen molar-refractivity contribution in [1.82, 2.24) is 9.55 Å². The van der Waals surface area contributed by atoms with E-state index in [2.05, 4.69) is 4.98 Å². The normalized spacial score (nSPS) is 12.0. The molecular formula is C18H13FN2O. The van der Waals surface area contributed by atoms with E-state index in [0.29, 0.717) is 12.0 Å². The highest BCUT2D eigenvalue weighted by Gasteiger charge is 2.20. The third-order valence-corrected chi connectivity index (χ3v) is 4.05. The van der Waals surface area contributed by atoms with Crippen LogP contribution in [0.15, 0.2) is 55.1 Å². The lowest BCUT2D eigenvalue weighted by molar-refractivity contribution is 0.0972. The van der Waals surface area contributed by atoms with Gasteiger partial charge in [-0.05, 0) is 46.9 Å². The topological polar surface area (TPSA) is 34.9 Å². The highest BCUT2D eigenvalue weighted by Crippen LogP contribution is 2.37. The van der Waals surface area contributed by atoms with E-state index in [1.807, 2.05) is 24.3 Å². The van der Waals surface area contributed by atoms with Gasteiger partial charge in [-0.1, -0.05) is 18.2 Å². The van der Waals surface area contributed by atoms with E-state index in [-0.39, 0.29) is 18.1 Å². The molecule has 0 radical (unpaired) electrons. The van der Waals surface area contributed by atoms with Gasteiger partial charge in [0.15, 0.2) is 5.78 Å². The van der Waals surface area contributed by atoms with Crippen molar-refractivity contribution in [2.45, 2.75) is 13.0 Å². The number of halogens is 1. The van der Waals surface area contributed by atoms with Gasteiger partial charge in [-0.2, -0.15) is 0 Å². The number of carbonyl (C=O) groups is 1. The number of hydrogen-bond acceptors (Lipinski definition) is 2. The Labute approximate surface area is 127 Å². The molecule has 1 aliphatic rings. The zero-order chi connectivity index (χ0) is 15.1. The minimum Gasteiger partial charge on any atom is -0.330 e. The molecule has 1 aliphatic carbocycles. The molecule has 0 aliphatic heterocycles. The Kier molecular flexibility index (Phi) is 2.89. The van der Waals surface area contributed by atoms with E-state index in [1.54, 1.807) is 29.4 Å². The number of hydrogen-bond donors (Lipinski definition) is 0. The second-order valence-electron chi connectivity index (χ2n) is 5.51. The minimum atomic E-state index is -0.219. The first-order chi connectivity index (χ1) is 10.7. The SMILES string of the molecule is O=C(Cn1ccnc1)c1ccc2c(c1)Cc1cc(F)ccc1-2. The zero-order valence-corrected chi connectivity index (χ0v) is 11.8. The molecule has 0 bridgehead atoms. The third kappa shape index (κ3) is 2.13. The molecule has 2 aromatic carbocycles. The average molecular weight is 292 g/mol. The van der Waals surface area contributed by atoms with Crippen LogP contribution in [0.3, 0.4) is 0 Å². The summed E-state index contributed by atoms with van der Waals surface area (Å²) in [5.74, 6) is -0.175. The summed E-state index contributed by atoms with van der Waals surface area (Å²) < 4.78 is 15.1. The van der Waals surface area contributed by atoms with Crippen molar-refractivity contribution in [2.24, 2.45) is 0 Å². The van der Waals surface area contributed by atoms with Crippen molar-refractivity contribution in [3.05, 3.63) is 77.6 Å². The van der Waals surface area contributed by atoms with Crippen LogP contribution in [-0.2, 0) is 13.0 Å². The van der Waals surface area contributed by atoms with Gasteiger partial charge in [-0.25, -0.2) is 9.37 Å². The number of imidazole rings is 1. The molecular weight excluding hydrogens is 279 g/mol. The maximum absolute atomic E-state index is 13.3. The van der Waals surface area contributed by atoms with Gasteiger partial charge in [0, 0.05) is 18.0 Å². The summed E-state index contributed by atoms with van der Waals surface area (Å²) in [6.07, 6.45) is 5.73.